The van der Waals surface area contributed by atoms with Crippen LogP contribution in [-0.2, 0) is 21.4 Å². The average molecular weight is 484 g/mol. The van der Waals surface area contributed by atoms with Gasteiger partial charge in [-0.05, 0) is 36.4 Å². The summed E-state index contributed by atoms with van der Waals surface area (Å²) in [5.74, 6) is 0.524. The fourth-order valence-electron chi connectivity index (χ4n) is 3.45. The average Bonchev–Trinajstić information content (AvgIpc) is 2.88. The van der Waals surface area contributed by atoms with Crippen LogP contribution < -0.4 is 14.8 Å². The molecule has 10 heteroatoms. The number of hydrogen-bond donors (Lipinski definition) is 1. The van der Waals surface area contributed by atoms with E-state index < -0.39 is 15.9 Å². The van der Waals surface area contributed by atoms with E-state index in [1.54, 1.807) is 42.7 Å². The highest BCUT2D eigenvalue weighted by atomic mass is 32.2. The zero-order chi connectivity index (χ0) is 24.0. The molecule has 1 aromatic heterocycles. The van der Waals surface area contributed by atoms with Gasteiger partial charge in [-0.3, -0.25) is 9.78 Å². The highest BCUT2D eigenvalue weighted by molar-refractivity contribution is 7.89. The van der Waals surface area contributed by atoms with Crippen molar-refractivity contribution >= 4 is 21.6 Å². The molecule has 0 radical (unpaired) electrons. The van der Waals surface area contributed by atoms with Crippen molar-refractivity contribution in [1.82, 2.24) is 9.29 Å². The van der Waals surface area contributed by atoms with E-state index in [4.69, 9.17) is 14.2 Å². The molecule has 4 rings (SSSR count). The Morgan fingerprint density at radius 1 is 1.09 bits per heavy atom. The van der Waals surface area contributed by atoms with Crippen LogP contribution in [0.2, 0.25) is 0 Å². The largest absolute Gasteiger partial charge is 0.493 e. The maximum atomic E-state index is 12.9. The number of nitrogens with zero attached hydrogens (tertiary/aromatic N) is 2. The van der Waals surface area contributed by atoms with E-state index in [-0.39, 0.29) is 30.2 Å². The minimum atomic E-state index is -3.71. The number of ether oxygens (including phenoxy) is 3. The summed E-state index contributed by atoms with van der Waals surface area (Å²) in [4.78, 5) is 17.0. The number of nitrogens with one attached hydrogen (secondary N) is 1. The lowest BCUT2D eigenvalue weighted by Gasteiger charge is -2.26. The molecule has 0 aliphatic carbocycles. The summed E-state index contributed by atoms with van der Waals surface area (Å²) >= 11 is 0. The van der Waals surface area contributed by atoms with Crippen molar-refractivity contribution in [2.45, 2.75) is 11.5 Å². The maximum absolute atomic E-state index is 12.9. The lowest BCUT2D eigenvalue weighted by Crippen LogP contribution is -2.40. The minimum Gasteiger partial charge on any atom is -0.493 e. The molecule has 0 atom stereocenters. The first kappa shape index (κ1) is 23.7. The van der Waals surface area contributed by atoms with E-state index in [1.807, 2.05) is 12.1 Å². The van der Waals surface area contributed by atoms with Gasteiger partial charge in [0.25, 0.3) is 5.91 Å². The SMILES string of the molecule is COc1ccc(NC(=O)c2cccc(S(=O)(=O)N3CCOCC3)c2)cc1OCc1cccnc1. The van der Waals surface area contributed by atoms with E-state index in [0.717, 1.165) is 5.56 Å². The quantitative estimate of drug-likeness (QED) is 0.525. The first-order chi connectivity index (χ1) is 16.5. The van der Waals surface area contributed by atoms with Gasteiger partial charge in [0, 0.05) is 48.4 Å². The fourth-order valence-corrected chi connectivity index (χ4v) is 4.90. The van der Waals surface area contributed by atoms with E-state index in [1.165, 1.54) is 23.5 Å². The molecular formula is C24H25N3O6S. The van der Waals surface area contributed by atoms with E-state index >= 15 is 0 Å². The van der Waals surface area contributed by atoms with Crippen LogP contribution in [0.15, 0.2) is 71.9 Å². The number of anilines is 1. The Balaban J connectivity index is 1.49. The molecule has 1 saturated heterocycles. The number of carbonyl (C=O) groups excluding carboxylic acids is 1. The van der Waals surface area contributed by atoms with Gasteiger partial charge in [0.15, 0.2) is 11.5 Å². The molecule has 1 aliphatic heterocycles. The lowest BCUT2D eigenvalue weighted by atomic mass is 10.2. The molecule has 1 amide bonds. The number of benzene rings is 2. The van der Waals surface area contributed by atoms with Crippen molar-refractivity contribution in [2.75, 3.05) is 38.7 Å². The van der Waals surface area contributed by atoms with E-state index in [2.05, 4.69) is 10.3 Å². The second-order valence-corrected chi connectivity index (χ2v) is 9.45. The number of pyridine rings is 1. The van der Waals surface area contributed by atoms with Crippen LogP contribution in [0, 0.1) is 0 Å². The van der Waals surface area contributed by atoms with Gasteiger partial charge in [-0.25, -0.2) is 8.42 Å². The zero-order valence-electron chi connectivity index (χ0n) is 18.6. The number of morpholine rings is 1. The molecule has 2 aromatic carbocycles. The summed E-state index contributed by atoms with van der Waals surface area (Å²) in [5, 5.41) is 2.79. The molecule has 3 aromatic rings. The first-order valence-corrected chi connectivity index (χ1v) is 12.1. The van der Waals surface area contributed by atoms with Crippen LogP contribution in [0.5, 0.6) is 11.5 Å². The summed E-state index contributed by atoms with van der Waals surface area (Å²) in [6, 6.07) is 14.7. The van der Waals surface area contributed by atoms with Gasteiger partial charge < -0.3 is 19.5 Å². The second kappa shape index (κ2) is 10.6. The van der Waals surface area contributed by atoms with Crippen molar-refractivity contribution < 1.29 is 27.4 Å². The molecule has 0 spiro atoms. The summed E-state index contributed by atoms with van der Waals surface area (Å²) in [6.45, 7) is 1.55. The molecule has 1 N–H and O–H groups in total. The van der Waals surface area contributed by atoms with Gasteiger partial charge >= 0.3 is 0 Å². The topological polar surface area (TPSA) is 107 Å². The van der Waals surface area contributed by atoms with Crippen molar-refractivity contribution in [2.24, 2.45) is 0 Å². The third-order valence-electron chi connectivity index (χ3n) is 5.24. The lowest BCUT2D eigenvalue weighted by molar-refractivity contribution is 0.0730. The molecule has 1 aliphatic rings. The molecular weight excluding hydrogens is 458 g/mol. The van der Waals surface area contributed by atoms with Gasteiger partial charge in [0.1, 0.15) is 6.61 Å². The van der Waals surface area contributed by atoms with Crippen LogP contribution >= 0.6 is 0 Å². The second-order valence-electron chi connectivity index (χ2n) is 7.51. The minimum absolute atomic E-state index is 0.0669. The highest BCUT2D eigenvalue weighted by Crippen LogP contribution is 2.31. The predicted molar refractivity (Wildman–Crippen MR) is 126 cm³/mol. The van der Waals surface area contributed by atoms with Gasteiger partial charge in [-0.2, -0.15) is 4.31 Å². The number of rotatable bonds is 8. The van der Waals surface area contributed by atoms with Crippen LogP contribution in [0.1, 0.15) is 15.9 Å². The molecule has 2 heterocycles. The third kappa shape index (κ3) is 5.53. The Kier molecular flexibility index (Phi) is 7.41. The normalized spacial score (nSPS) is 14.4. The predicted octanol–water partition coefficient (Wildman–Crippen LogP) is 2.94. The molecule has 178 valence electrons. The Bertz CT molecular complexity index is 1240. The fraction of sp³-hybridized carbons (Fsp3) is 0.250. The van der Waals surface area contributed by atoms with Crippen molar-refractivity contribution in [1.29, 1.82) is 0 Å². The molecule has 1 fully saturated rings. The third-order valence-corrected chi connectivity index (χ3v) is 7.14. The summed E-state index contributed by atoms with van der Waals surface area (Å²) < 4.78 is 43.7. The van der Waals surface area contributed by atoms with Crippen LogP contribution in [0.4, 0.5) is 5.69 Å². The van der Waals surface area contributed by atoms with Gasteiger partial charge in [0.05, 0.1) is 25.2 Å². The smallest absolute Gasteiger partial charge is 0.255 e. The number of aromatic nitrogens is 1. The molecule has 0 saturated carbocycles. The summed E-state index contributed by atoms with van der Waals surface area (Å²) in [5.41, 5.74) is 1.59. The number of amides is 1. The highest BCUT2D eigenvalue weighted by Gasteiger charge is 2.27. The Morgan fingerprint density at radius 3 is 2.65 bits per heavy atom. The van der Waals surface area contributed by atoms with Gasteiger partial charge in [0.2, 0.25) is 10.0 Å². The standard InChI is InChI=1S/C24H25N3O6S/c1-31-22-8-7-20(15-23(22)33-17-18-4-3-9-25-16-18)26-24(28)19-5-2-6-21(14-19)34(29,30)27-10-12-32-13-11-27/h2-9,14-16H,10-13,17H2,1H3,(H,26,28). The van der Waals surface area contributed by atoms with Crippen LogP contribution in [0.25, 0.3) is 0 Å². The molecule has 9 nitrogen and oxygen atoms in total. The van der Waals surface area contributed by atoms with Gasteiger partial charge in [-0.1, -0.05) is 12.1 Å². The molecule has 0 bridgehead atoms. The van der Waals surface area contributed by atoms with E-state index in [0.29, 0.717) is 30.4 Å². The Morgan fingerprint density at radius 2 is 1.91 bits per heavy atom. The molecule has 34 heavy (non-hydrogen) atoms. The monoisotopic (exact) mass is 483 g/mol. The summed E-state index contributed by atoms with van der Waals surface area (Å²) in [6.07, 6.45) is 3.39. The van der Waals surface area contributed by atoms with Crippen LogP contribution in [0.3, 0.4) is 0 Å². The number of carbonyl (C=O) groups is 1. The molecule has 0 unspecified atom stereocenters. The van der Waals surface area contributed by atoms with Gasteiger partial charge in [-0.15, -0.1) is 0 Å². The van der Waals surface area contributed by atoms with Crippen molar-refractivity contribution in [3.8, 4) is 11.5 Å². The number of methoxy groups -OCH3 is 1. The number of sulfonamides is 1. The number of hydrogen-bond acceptors (Lipinski definition) is 7. The van der Waals surface area contributed by atoms with Crippen LogP contribution in [-0.4, -0.2) is 57.0 Å². The Hall–Kier alpha value is -3.47. The Labute approximate surface area is 198 Å². The first-order valence-electron chi connectivity index (χ1n) is 10.7. The van der Waals surface area contributed by atoms with Crippen molar-refractivity contribution in [3.05, 3.63) is 78.1 Å². The zero-order valence-corrected chi connectivity index (χ0v) is 19.5. The van der Waals surface area contributed by atoms with E-state index in [9.17, 15) is 13.2 Å². The van der Waals surface area contributed by atoms with Crippen molar-refractivity contribution in [3.63, 3.8) is 0 Å². The maximum Gasteiger partial charge on any atom is 0.255 e. The summed E-state index contributed by atoms with van der Waals surface area (Å²) in [7, 11) is -2.18.